The van der Waals surface area contributed by atoms with Crippen molar-refractivity contribution in [3.63, 3.8) is 0 Å². The summed E-state index contributed by atoms with van der Waals surface area (Å²) < 4.78 is 0. The topological polar surface area (TPSA) is 90.3 Å². The highest BCUT2D eigenvalue weighted by Gasteiger charge is 2.44. The Kier molecular flexibility index (Phi) is 5.92. The van der Waals surface area contributed by atoms with Crippen molar-refractivity contribution in [2.75, 3.05) is 5.32 Å². The van der Waals surface area contributed by atoms with Crippen LogP contribution in [0, 0.1) is 17.2 Å². The summed E-state index contributed by atoms with van der Waals surface area (Å²) in [5.41, 5.74) is 2.23. The van der Waals surface area contributed by atoms with E-state index in [1.807, 2.05) is 13.8 Å². The quantitative estimate of drug-likeness (QED) is 0.551. The molecule has 1 aromatic carbocycles. The summed E-state index contributed by atoms with van der Waals surface area (Å²) in [6.45, 7) is 3.79. The molecule has 1 aromatic heterocycles. The fourth-order valence-corrected chi connectivity index (χ4v) is 5.69. The molecule has 0 fully saturated rings. The lowest BCUT2D eigenvalue weighted by Crippen LogP contribution is -2.50. The van der Waals surface area contributed by atoms with E-state index in [2.05, 4.69) is 11.4 Å². The van der Waals surface area contributed by atoms with Crippen LogP contribution in [0.3, 0.4) is 0 Å². The molecule has 6 nitrogen and oxygen atoms in total. The number of hydrogen-bond acceptors (Lipinski definition) is 5. The van der Waals surface area contributed by atoms with Gasteiger partial charge in [-0.3, -0.25) is 19.3 Å². The van der Waals surface area contributed by atoms with Gasteiger partial charge < -0.3 is 5.32 Å². The van der Waals surface area contributed by atoms with Crippen molar-refractivity contribution in [2.45, 2.75) is 58.4 Å². The minimum atomic E-state index is -0.939. The highest BCUT2D eigenvalue weighted by molar-refractivity contribution is 7.16. The number of nitriles is 1. The van der Waals surface area contributed by atoms with Gasteiger partial charge in [-0.1, -0.05) is 38.8 Å². The number of benzene rings is 1. The van der Waals surface area contributed by atoms with Crippen molar-refractivity contribution in [2.24, 2.45) is 5.92 Å². The molecular weight excluding hydrogens is 410 g/mol. The second-order valence-electron chi connectivity index (χ2n) is 8.23. The maximum Gasteiger partial charge on any atom is 0.262 e. The first-order chi connectivity index (χ1) is 15.0. The van der Waals surface area contributed by atoms with E-state index < -0.39 is 23.8 Å². The van der Waals surface area contributed by atoms with Gasteiger partial charge in [-0.15, -0.1) is 11.3 Å². The number of rotatable bonds is 5. The minimum absolute atomic E-state index is 0.231. The van der Waals surface area contributed by atoms with Gasteiger partial charge in [-0.05, 0) is 49.3 Å². The number of fused-ring (bicyclic) bond motifs is 2. The molecule has 1 aliphatic carbocycles. The predicted octanol–water partition coefficient (Wildman–Crippen LogP) is 4.54. The van der Waals surface area contributed by atoms with Crippen LogP contribution < -0.4 is 5.32 Å². The van der Waals surface area contributed by atoms with Crippen molar-refractivity contribution in [1.29, 1.82) is 5.26 Å². The van der Waals surface area contributed by atoms with Gasteiger partial charge in [0.05, 0.1) is 16.7 Å². The largest absolute Gasteiger partial charge is 0.315 e. The molecule has 1 N–H and O–H groups in total. The monoisotopic (exact) mass is 435 g/mol. The molecule has 1 aliphatic heterocycles. The van der Waals surface area contributed by atoms with E-state index >= 15 is 0 Å². The summed E-state index contributed by atoms with van der Waals surface area (Å²) in [5.74, 6) is -1.53. The standard InChI is InChI=1S/C24H25N3O3S/c1-3-14(2)20(27-23(29)16-10-7-8-11-17(16)24(27)30)21(28)26-22-18(13-25)15-9-5-4-6-12-19(15)31-22/h7-8,10-11,14,20H,3-6,9,12H2,1-2H3,(H,26,28)/t14-,20+/m0/s1. The number of carbonyl (C=O) groups is 3. The number of imide groups is 1. The van der Waals surface area contributed by atoms with E-state index in [0.29, 0.717) is 28.1 Å². The van der Waals surface area contributed by atoms with E-state index in [0.717, 1.165) is 47.4 Å². The van der Waals surface area contributed by atoms with E-state index in [1.165, 1.54) is 11.3 Å². The zero-order valence-electron chi connectivity index (χ0n) is 17.7. The molecule has 0 unspecified atom stereocenters. The summed E-state index contributed by atoms with van der Waals surface area (Å²) in [5, 5.41) is 13.2. The molecule has 7 heteroatoms. The highest BCUT2D eigenvalue weighted by atomic mass is 32.1. The molecule has 2 heterocycles. The number of aryl methyl sites for hydroxylation is 1. The molecular formula is C24H25N3O3S. The van der Waals surface area contributed by atoms with Gasteiger partial charge in [0, 0.05) is 4.88 Å². The average Bonchev–Trinajstić information content (AvgIpc) is 3.10. The summed E-state index contributed by atoms with van der Waals surface area (Å²) in [6, 6.07) is 7.99. The maximum atomic E-state index is 13.4. The first kappa shape index (κ1) is 21.3. The van der Waals surface area contributed by atoms with Crippen LogP contribution in [0.25, 0.3) is 0 Å². The van der Waals surface area contributed by atoms with E-state index in [-0.39, 0.29) is 5.92 Å². The van der Waals surface area contributed by atoms with E-state index in [9.17, 15) is 19.6 Å². The van der Waals surface area contributed by atoms with Crippen molar-refractivity contribution in [3.8, 4) is 6.07 Å². The fourth-order valence-electron chi connectivity index (χ4n) is 4.45. The van der Waals surface area contributed by atoms with Crippen LogP contribution in [0.1, 0.15) is 76.3 Å². The van der Waals surface area contributed by atoms with E-state index in [4.69, 9.17) is 0 Å². The number of anilines is 1. The second-order valence-corrected chi connectivity index (χ2v) is 9.33. The van der Waals surface area contributed by atoms with Gasteiger partial charge in [-0.2, -0.15) is 5.26 Å². The molecule has 2 atom stereocenters. The smallest absolute Gasteiger partial charge is 0.262 e. The number of nitrogens with one attached hydrogen (secondary N) is 1. The molecule has 0 bridgehead atoms. The summed E-state index contributed by atoms with van der Waals surface area (Å²) in [4.78, 5) is 41.7. The van der Waals surface area contributed by atoms with Gasteiger partial charge in [0.2, 0.25) is 5.91 Å². The first-order valence-electron chi connectivity index (χ1n) is 10.8. The van der Waals surface area contributed by atoms with Gasteiger partial charge in [0.15, 0.2) is 0 Å². The molecule has 160 valence electrons. The lowest BCUT2D eigenvalue weighted by atomic mass is 9.96. The van der Waals surface area contributed by atoms with Crippen molar-refractivity contribution < 1.29 is 14.4 Å². The van der Waals surface area contributed by atoms with Crippen LogP contribution in [-0.4, -0.2) is 28.7 Å². The van der Waals surface area contributed by atoms with Gasteiger partial charge >= 0.3 is 0 Å². The van der Waals surface area contributed by atoms with Crippen LogP contribution >= 0.6 is 11.3 Å². The summed E-state index contributed by atoms with van der Waals surface area (Å²) >= 11 is 1.45. The predicted molar refractivity (Wildman–Crippen MR) is 119 cm³/mol. The Morgan fingerprint density at radius 2 is 1.81 bits per heavy atom. The second kappa shape index (κ2) is 8.64. The third-order valence-corrected chi connectivity index (χ3v) is 7.53. The summed E-state index contributed by atoms with van der Waals surface area (Å²) in [6.07, 6.45) is 5.64. The normalized spacial score (nSPS) is 17.4. The molecule has 3 amide bonds. The Morgan fingerprint density at radius 1 is 1.16 bits per heavy atom. The summed E-state index contributed by atoms with van der Waals surface area (Å²) in [7, 11) is 0. The Balaban J connectivity index is 1.67. The lowest BCUT2D eigenvalue weighted by Gasteiger charge is -2.29. The third kappa shape index (κ3) is 3.66. The molecule has 4 rings (SSSR count). The Morgan fingerprint density at radius 3 is 2.42 bits per heavy atom. The average molecular weight is 436 g/mol. The van der Waals surface area contributed by atoms with Crippen molar-refractivity contribution in [1.82, 2.24) is 4.90 Å². The third-order valence-electron chi connectivity index (χ3n) is 6.33. The number of nitrogens with zero attached hydrogens (tertiary/aromatic N) is 2. The van der Waals surface area contributed by atoms with Crippen molar-refractivity contribution >= 4 is 34.1 Å². The first-order valence-corrected chi connectivity index (χ1v) is 11.6. The Bertz CT molecular complexity index is 1060. The highest BCUT2D eigenvalue weighted by Crippen LogP contribution is 2.38. The van der Waals surface area contributed by atoms with Crippen LogP contribution in [-0.2, 0) is 17.6 Å². The number of amides is 3. The molecule has 31 heavy (non-hydrogen) atoms. The molecule has 0 saturated carbocycles. The van der Waals surface area contributed by atoms with Gasteiger partial charge in [-0.25, -0.2) is 0 Å². The zero-order chi connectivity index (χ0) is 22.1. The number of thiophene rings is 1. The molecule has 0 saturated heterocycles. The zero-order valence-corrected chi connectivity index (χ0v) is 18.6. The van der Waals surface area contributed by atoms with Crippen LogP contribution in [0.15, 0.2) is 24.3 Å². The van der Waals surface area contributed by atoms with Crippen molar-refractivity contribution in [3.05, 3.63) is 51.4 Å². The Labute approximate surface area is 185 Å². The fraction of sp³-hybridized carbons (Fsp3) is 0.417. The molecule has 0 spiro atoms. The van der Waals surface area contributed by atoms with Gasteiger partial charge in [0.1, 0.15) is 17.1 Å². The van der Waals surface area contributed by atoms with Crippen LogP contribution in [0.5, 0.6) is 0 Å². The lowest BCUT2D eigenvalue weighted by molar-refractivity contribution is -0.121. The molecule has 2 aliphatic rings. The molecule has 0 radical (unpaired) electrons. The Hall–Kier alpha value is -2.98. The minimum Gasteiger partial charge on any atom is -0.315 e. The SMILES string of the molecule is CC[C@H](C)[C@H](C(=O)Nc1sc2c(c1C#N)CCCCC2)N1C(=O)c2ccccc2C1=O. The van der Waals surface area contributed by atoms with Crippen LogP contribution in [0.2, 0.25) is 0 Å². The number of carbonyl (C=O) groups excluding carboxylic acids is 3. The number of hydrogen-bond donors (Lipinski definition) is 1. The maximum absolute atomic E-state index is 13.4. The van der Waals surface area contributed by atoms with E-state index in [1.54, 1.807) is 24.3 Å². The van der Waals surface area contributed by atoms with Gasteiger partial charge in [0.25, 0.3) is 11.8 Å². The van der Waals surface area contributed by atoms with Crippen LogP contribution in [0.4, 0.5) is 5.00 Å². The molecule has 2 aromatic rings.